The van der Waals surface area contributed by atoms with Crippen molar-refractivity contribution in [3.8, 4) is 6.07 Å². The van der Waals surface area contributed by atoms with Gasteiger partial charge < -0.3 is 10.2 Å². The van der Waals surface area contributed by atoms with Crippen molar-refractivity contribution in [1.29, 1.82) is 5.26 Å². The van der Waals surface area contributed by atoms with E-state index in [0.29, 0.717) is 31.6 Å². The third-order valence-electron chi connectivity index (χ3n) is 4.34. The average Bonchev–Trinajstić information content (AvgIpc) is 2.64. The van der Waals surface area contributed by atoms with Gasteiger partial charge in [-0.15, -0.1) is 0 Å². The second-order valence-corrected chi connectivity index (χ2v) is 6.00. The van der Waals surface area contributed by atoms with Gasteiger partial charge in [-0.1, -0.05) is 12.1 Å². The van der Waals surface area contributed by atoms with Crippen LogP contribution in [0.2, 0.25) is 0 Å². The van der Waals surface area contributed by atoms with Gasteiger partial charge in [-0.2, -0.15) is 5.26 Å². The number of anilines is 1. The number of hydrogen-bond acceptors (Lipinski definition) is 3. The smallest absolute Gasteiger partial charge is 0.256 e. The number of nitrogens with zero attached hydrogens (tertiary/aromatic N) is 2. The van der Waals surface area contributed by atoms with Crippen molar-refractivity contribution in [2.45, 2.75) is 18.9 Å². The average molecular weight is 341 g/mol. The van der Waals surface area contributed by atoms with E-state index in [0.717, 1.165) is 0 Å². The van der Waals surface area contributed by atoms with Gasteiger partial charge in [0, 0.05) is 19.1 Å². The Kier molecular flexibility index (Phi) is 4.94. The van der Waals surface area contributed by atoms with Crippen LogP contribution < -0.4 is 5.32 Å². The quantitative estimate of drug-likeness (QED) is 0.929. The third kappa shape index (κ3) is 3.77. The van der Waals surface area contributed by atoms with E-state index in [-0.39, 0.29) is 23.1 Å². The van der Waals surface area contributed by atoms with Crippen molar-refractivity contribution in [2.75, 3.05) is 18.4 Å². The zero-order chi connectivity index (χ0) is 17.8. The van der Waals surface area contributed by atoms with E-state index in [2.05, 4.69) is 5.32 Å². The van der Waals surface area contributed by atoms with Gasteiger partial charge in [0.2, 0.25) is 0 Å². The lowest BCUT2D eigenvalue weighted by molar-refractivity contribution is 0.0713. The maximum atomic E-state index is 13.9. The van der Waals surface area contributed by atoms with Gasteiger partial charge in [-0.25, -0.2) is 8.78 Å². The van der Waals surface area contributed by atoms with E-state index in [1.807, 2.05) is 6.07 Å². The number of nitriles is 1. The number of hydrogen-bond donors (Lipinski definition) is 1. The molecule has 0 radical (unpaired) electrons. The van der Waals surface area contributed by atoms with Crippen molar-refractivity contribution in [3.63, 3.8) is 0 Å². The Hall–Kier alpha value is -2.94. The molecule has 1 aliphatic rings. The van der Waals surface area contributed by atoms with E-state index in [1.54, 1.807) is 29.2 Å². The highest BCUT2D eigenvalue weighted by atomic mass is 19.1. The van der Waals surface area contributed by atoms with E-state index >= 15 is 0 Å². The summed E-state index contributed by atoms with van der Waals surface area (Å²) in [6.45, 7) is 0.950. The molecule has 6 heteroatoms. The van der Waals surface area contributed by atoms with Crippen molar-refractivity contribution in [1.82, 2.24) is 4.90 Å². The highest BCUT2D eigenvalue weighted by Gasteiger charge is 2.25. The van der Waals surface area contributed by atoms with Crippen LogP contribution in [0.4, 0.5) is 14.5 Å². The number of piperidine rings is 1. The predicted molar refractivity (Wildman–Crippen MR) is 90.1 cm³/mol. The van der Waals surface area contributed by atoms with Crippen LogP contribution in [0.25, 0.3) is 0 Å². The number of amides is 1. The molecule has 0 unspecified atom stereocenters. The first-order valence-corrected chi connectivity index (χ1v) is 8.08. The first-order chi connectivity index (χ1) is 12.1. The molecule has 1 N–H and O–H groups in total. The highest BCUT2D eigenvalue weighted by Crippen LogP contribution is 2.21. The summed E-state index contributed by atoms with van der Waals surface area (Å²) in [7, 11) is 0. The van der Waals surface area contributed by atoms with Gasteiger partial charge in [0.25, 0.3) is 5.91 Å². The van der Waals surface area contributed by atoms with Crippen LogP contribution >= 0.6 is 0 Å². The van der Waals surface area contributed by atoms with E-state index in [1.165, 1.54) is 18.2 Å². The number of rotatable bonds is 3. The molecule has 0 spiro atoms. The number of carbonyl (C=O) groups excluding carboxylic acids is 1. The molecule has 1 heterocycles. The fourth-order valence-electron chi connectivity index (χ4n) is 2.95. The third-order valence-corrected chi connectivity index (χ3v) is 4.34. The van der Waals surface area contributed by atoms with Crippen LogP contribution in [-0.2, 0) is 0 Å². The summed E-state index contributed by atoms with van der Waals surface area (Å²) in [4.78, 5) is 14.0. The SMILES string of the molecule is N#Cc1ccc(NC2CCN(C(=O)c3ccccc3F)CC2)c(F)c1. The summed E-state index contributed by atoms with van der Waals surface area (Å²) in [6, 6.07) is 12.2. The molecular weight excluding hydrogens is 324 g/mol. The summed E-state index contributed by atoms with van der Waals surface area (Å²) in [5.41, 5.74) is 0.693. The van der Waals surface area contributed by atoms with Crippen LogP contribution in [-0.4, -0.2) is 29.9 Å². The Labute approximate surface area is 144 Å². The summed E-state index contributed by atoms with van der Waals surface area (Å²) in [5, 5.41) is 11.9. The zero-order valence-corrected chi connectivity index (χ0v) is 13.5. The minimum atomic E-state index is -0.521. The van der Waals surface area contributed by atoms with Crippen LogP contribution in [0.1, 0.15) is 28.8 Å². The molecule has 0 aliphatic carbocycles. The molecule has 0 bridgehead atoms. The van der Waals surface area contributed by atoms with Crippen molar-refractivity contribution < 1.29 is 13.6 Å². The maximum absolute atomic E-state index is 13.9. The topological polar surface area (TPSA) is 56.1 Å². The molecule has 0 saturated carbocycles. The Morgan fingerprint density at radius 1 is 1.12 bits per heavy atom. The van der Waals surface area contributed by atoms with Crippen LogP contribution in [0, 0.1) is 23.0 Å². The summed E-state index contributed by atoms with van der Waals surface area (Å²) in [5.74, 6) is -1.31. The lowest BCUT2D eigenvalue weighted by Crippen LogP contribution is -2.42. The van der Waals surface area contributed by atoms with Gasteiger partial charge in [0.05, 0.1) is 22.9 Å². The van der Waals surface area contributed by atoms with Crippen molar-refractivity contribution >= 4 is 11.6 Å². The molecule has 2 aromatic rings. The lowest BCUT2D eigenvalue weighted by atomic mass is 10.0. The van der Waals surface area contributed by atoms with Gasteiger partial charge >= 0.3 is 0 Å². The fourth-order valence-corrected chi connectivity index (χ4v) is 2.95. The van der Waals surface area contributed by atoms with Gasteiger partial charge in [0.1, 0.15) is 11.6 Å². The van der Waals surface area contributed by atoms with E-state index < -0.39 is 11.6 Å². The molecule has 2 aromatic carbocycles. The Morgan fingerprint density at radius 2 is 1.84 bits per heavy atom. The molecule has 4 nitrogen and oxygen atoms in total. The molecule has 1 fully saturated rings. The number of halogens is 2. The minimum absolute atomic E-state index is 0.0205. The summed E-state index contributed by atoms with van der Waals surface area (Å²) in [6.07, 6.45) is 1.28. The monoisotopic (exact) mass is 341 g/mol. The maximum Gasteiger partial charge on any atom is 0.256 e. The molecule has 1 aliphatic heterocycles. The molecular formula is C19H17F2N3O. The number of likely N-dealkylation sites (tertiary alicyclic amines) is 1. The van der Waals surface area contributed by atoms with E-state index in [4.69, 9.17) is 5.26 Å². The lowest BCUT2D eigenvalue weighted by Gasteiger charge is -2.33. The molecule has 0 aromatic heterocycles. The summed E-state index contributed by atoms with van der Waals surface area (Å²) < 4.78 is 27.7. The van der Waals surface area contributed by atoms with Gasteiger partial charge in [-0.05, 0) is 43.2 Å². The van der Waals surface area contributed by atoms with Crippen molar-refractivity contribution in [3.05, 3.63) is 65.2 Å². The molecule has 0 atom stereocenters. The van der Waals surface area contributed by atoms with Crippen LogP contribution in [0.5, 0.6) is 0 Å². The molecule has 1 saturated heterocycles. The predicted octanol–water partition coefficient (Wildman–Crippen LogP) is 3.55. The van der Waals surface area contributed by atoms with E-state index in [9.17, 15) is 13.6 Å². The summed E-state index contributed by atoms with van der Waals surface area (Å²) >= 11 is 0. The minimum Gasteiger partial charge on any atom is -0.380 e. The fraction of sp³-hybridized carbons (Fsp3) is 0.263. The number of carbonyl (C=O) groups is 1. The highest BCUT2D eigenvalue weighted by molar-refractivity contribution is 5.94. The van der Waals surface area contributed by atoms with Gasteiger partial charge in [-0.3, -0.25) is 4.79 Å². The Bertz CT molecular complexity index is 824. The first-order valence-electron chi connectivity index (χ1n) is 8.08. The van der Waals surface area contributed by atoms with Gasteiger partial charge in [0.15, 0.2) is 0 Å². The Morgan fingerprint density at radius 3 is 2.48 bits per heavy atom. The molecule has 3 rings (SSSR count). The molecule has 128 valence electrons. The van der Waals surface area contributed by atoms with Crippen LogP contribution in [0.15, 0.2) is 42.5 Å². The van der Waals surface area contributed by atoms with Crippen molar-refractivity contribution in [2.24, 2.45) is 0 Å². The molecule has 1 amide bonds. The standard InChI is InChI=1S/C19H17F2N3O/c20-16-4-2-1-3-15(16)19(25)24-9-7-14(8-10-24)23-18-6-5-13(12-22)11-17(18)21/h1-6,11,14,23H,7-10H2. The largest absolute Gasteiger partial charge is 0.380 e. The zero-order valence-electron chi connectivity index (χ0n) is 13.5. The second-order valence-electron chi connectivity index (χ2n) is 6.00. The normalized spacial score (nSPS) is 14.8. The van der Waals surface area contributed by atoms with Crippen LogP contribution in [0.3, 0.4) is 0 Å². The molecule has 25 heavy (non-hydrogen) atoms. The number of nitrogens with one attached hydrogen (secondary N) is 1. The second kappa shape index (κ2) is 7.31. The first kappa shape index (κ1) is 16.9. The Balaban J connectivity index is 1.60. The number of benzene rings is 2.